The van der Waals surface area contributed by atoms with Crippen LogP contribution in [0.15, 0.2) is 70.7 Å². The number of aliphatic hydroxyl groups excluding tert-OH is 1. The van der Waals surface area contributed by atoms with Gasteiger partial charge in [-0.15, -0.1) is 21.5 Å². The molecule has 18 heteroatoms. The van der Waals surface area contributed by atoms with Crippen molar-refractivity contribution >= 4 is 40.6 Å². The Morgan fingerprint density at radius 1 is 1.02 bits per heavy atom. The molecule has 17 nitrogen and oxygen atoms in total. The van der Waals surface area contributed by atoms with E-state index in [0.29, 0.717) is 30.4 Å². The van der Waals surface area contributed by atoms with E-state index in [1.807, 2.05) is 80.6 Å². The smallest absolute Gasteiger partial charge is 0.260 e. The maximum absolute atomic E-state index is 14.2. The second kappa shape index (κ2) is 19.0. The van der Waals surface area contributed by atoms with Crippen LogP contribution >= 0.6 is 11.3 Å². The molecule has 5 aromatic rings. The number of aromatic nitrogens is 4. The van der Waals surface area contributed by atoms with Gasteiger partial charge in [-0.05, 0) is 66.6 Å². The van der Waals surface area contributed by atoms with Crippen LogP contribution in [0.5, 0.6) is 11.6 Å². The lowest BCUT2D eigenvalue weighted by atomic mass is 9.90. The number of thiazole rings is 1. The molecule has 4 aliphatic rings. The number of fused-ring (bicyclic) bond motifs is 3. The molecule has 0 bridgehead atoms. The van der Waals surface area contributed by atoms with Crippen LogP contribution in [0, 0.1) is 18.8 Å². The number of β-amino-alcohol motifs (C(OH)–C–C–N with tert-alkyl or cyclic N) is 1. The van der Waals surface area contributed by atoms with E-state index in [-0.39, 0.29) is 78.6 Å². The number of aliphatic hydroxyl groups is 1. The first-order valence-corrected chi connectivity index (χ1v) is 23.8. The second-order valence-electron chi connectivity index (χ2n) is 18.5. The van der Waals surface area contributed by atoms with E-state index in [1.54, 1.807) is 29.5 Å². The van der Waals surface area contributed by atoms with Crippen molar-refractivity contribution in [3.8, 4) is 33.3 Å². The number of phenolic OH excluding ortho intramolecular Hbond substituents is 1. The standard InChI is InChI=1S/C48H58N10O7S/c1-27(2)44(48(63)58-24-34(59)18-39(58)47(62)51-29(4)31-10-12-32(13-11-31)45-30(5)50-26-66-45)41-20-42(54-65-41)64-25-43(61)56-15-14-37(28(3)22-56)55-16-17-57-33(23-55)21-49-46-38(57)19-36(52-53-46)35-8-6-7-9-40(35)60/h6-13,19-20,26-29,33-34,37,39,44,59-60H,14-18,21-25H2,1-5H3,(H,49,53)(H,51,62)/t28-,29+,33+,34-,37-,39+,44-/m1/s1. The first kappa shape index (κ1) is 45.1. The van der Waals surface area contributed by atoms with Gasteiger partial charge in [0.15, 0.2) is 18.2 Å². The first-order chi connectivity index (χ1) is 31.8. The van der Waals surface area contributed by atoms with Gasteiger partial charge in [0.05, 0.1) is 45.7 Å². The van der Waals surface area contributed by atoms with Crippen molar-refractivity contribution in [1.82, 2.24) is 40.4 Å². The van der Waals surface area contributed by atoms with E-state index in [2.05, 4.69) is 47.7 Å². The molecular weight excluding hydrogens is 861 g/mol. The number of carbonyl (C=O) groups excluding carboxylic acids is 3. The second-order valence-corrected chi connectivity index (χ2v) is 19.3. The predicted octanol–water partition coefficient (Wildman–Crippen LogP) is 5.08. The number of hydrogen-bond acceptors (Lipinski definition) is 15. The SMILES string of the molecule is Cc1ncsc1-c1ccc([C@H](C)NC(=O)[C@@H]2C[C@@H](O)CN2C(=O)[C@@H](c2cc(OCC(=O)N3CC[C@@H](N4CCN5c6cc(-c7ccccc7O)nnc6NC[C@H]5C4)[C@H](C)C3)no2)C(C)C)cc1. The van der Waals surface area contributed by atoms with Gasteiger partial charge in [-0.2, -0.15) is 0 Å². The fourth-order valence-electron chi connectivity index (χ4n) is 10.2. The van der Waals surface area contributed by atoms with Crippen molar-refractivity contribution in [2.24, 2.45) is 11.8 Å². The highest BCUT2D eigenvalue weighted by atomic mass is 32.1. The molecule has 2 aromatic carbocycles. The molecule has 0 aliphatic carbocycles. The van der Waals surface area contributed by atoms with Crippen molar-refractivity contribution in [3.63, 3.8) is 0 Å². The molecule has 4 aliphatic heterocycles. The molecule has 66 heavy (non-hydrogen) atoms. The van der Waals surface area contributed by atoms with Gasteiger partial charge in [-0.1, -0.05) is 57.2 Å². The number of carbonyl (C=O) groups is 3. The number of hydrogen-bond donors (Lipinski definition) is 4. The minimum Gasteiger partial charge on any atom is -0.507 e. The number of piperazine rings is 1. The number of nitrogens with one attached hydrogen (secondary N) is 2. The van der Waals surface area contributed by atoms with E-state index in [1.165, 1.54) is 4.90 Å². The number of amides is 3. The highest BCUT2D eigenvalue weighted by molar-refractivity contribution is 7.13. The van der Waals surface area contributed by atoms with Crippen LogP contribution in [-0.4, -0.2) is 140 Å². The quantitative estimate of drug-likeness (QED) is 0.129. The molecular formula is C48H58N10O7S. The zero-order valence-electron chi connectivity index (χ0n) is 38.0. The molecule has 348 valence electrons. The fourth-order valence-corrected chi connectivity index (χ4v) is 11.0. The van der Waals surface area contributed by atoms with Crippen LogP contribution in [0.4, 0.5) is 11.5 Å². The van der Waals surface area contributed by atoms with Gasteiger partial charge in [0.25, 0.3) is 11.8 Å². The Labute approximate surface area is 388 Å². The molecule has 7 heterocycles. The summed E-state index contributed by atoms with van der Waals surface area (Å²) in [7, 11) is 0. The number of para-hydroxylation sites is 1. The van der Waals surface area contributed by atoms with Gasteiger partial charge in [-0.25, -0.2) is 4.98 Å². The number of benzene rings is 2. The molecule has 3 amide bonds. The fraction of sp³-hybridized carbons (Fsp3) is 0.479. The van der Waals surface area contributed by atoms with Gasteiger partial charge in [0.1, 0.15) is 17.7 Å². The zero-order chi connectivity index (χ0) is 46.2. The van der Waals surface area contributed by atoms with Crippen LogP contribution in [0.3, 0.4) is 0 Å². The third-order valence-electron chi connectivity index (χ3n) is 13.7. The molecule has 3 fully saturated rings. The van der Waals surface area contributed by atoms with Crippen molar-refractivity contribution < 1.29 is 33.9 Å². The Balaban J connectivity index is 0.768. The third-order valence-corrected chi connectivity index (χ3v) is 14.7. The van der Waals surface area contributed by atoms with Crippen LogP contribution < -0.4 is 20.3 Å². The van der Waals surface area contributed by atoms with E-state index in [4.69, 9.17) is 9.26 Å². The molecule has 7 atom stereocenters. The van der Waals surface area contributed by atoms with Crippen molar-refractivity contribution in [2.75, 3.05) is 62.6 Å². The number of anilines is 2. The van der Waals surface area contributed by atoms with Gasteiger partial charge < -0.3 is 44.8 Å². The zero-order valence-corrected chi connectivity index (χ0v) is 38.8. The predicted molar refractivity (Wildman–Crippen MR) is 249 cm³/mol. The lowest BCUT2D eigenvalue weighted by Gasteiger charge is -2.50. The number of nitrogens with zero attached hydrogens (tertiary/aromatic N) is 8. The van der Waals surface area contributed by atoms with Gasteiger partial charge >= 0.3 is 0 Å². The maximum Gasteiger partial charge on any atom is 0.260 e. The van der Waals surface area contributed by atoms with E-state index in [9.17, 15) is 24.6 Å². The van der Waals surface area contributed by atoms with Crippen molar-refractivity contribution in [2.45, 2.75) is 83.6 Å². The number of piperidine rings is 1. The van der Waals surface area contributed by atoms with Crippen LogP contribution in [0.2, 0.25) is 0 Å². The van der Waals surface area contributed by atoms with Crippen molar-refractivity contribution in [3.05, 3.63) is 83.2 Å². The number of aryl methyl sites for hydroxylation is 1. The van der Waals surface area contributed by atoms with Crippen LogP contribution in [0.25, 0.3) is 21.7 Å². The minimum absolute atomic E-state index is 0.0133. The molecule has 3 saturated heterocycles. The molecule has 0 unspecified atom stereocenters. The monoisotopic (exact) mass is 918 g/mol. The highest BCUT2D eigenvalue weighted by Crippen LogP contribution is 2.38. The Bertz CT molecular complexity index is 2550. The summed E-state index contributed by atoms with van der Waals surface area (Å²) in [6.45, 7) is 14.1. The summed E-state index contributed by atoms with van der Waals surface area (Å²) in [6.07, 6.45) is 0.0929. The van der Waals surface area contributed by atoms with Crippen LogP contribution in [-0.2, 0) is 14.4 Å². The van der Waals surface area contributed by atoms with Gasteiger partial charge in [0.2, 0.25) is 11.8 Å². The topological polar surface area (TPSA) is 203 Å². The average molecular weight is 919 g/mol. The summed E-state index contributed by atoms with van der Waals surface area (Å²) in [5.74, 6) is -0.383. The number of phenols is 1. The number of likely N-dealkylation sites (tertiary alicyclic amines) is 2. The Morgan fingerprint density at radius 3 is 2.56 bits per heavy atom. The summed E-state index contributed by atoms with van der Waals surface area (Å²) < 4.78 is 11.5. The largest absolute Gasteiger partial charge is 0.507 e. The molecule has 3 aromatic heterocycles. The van der Waals surface area contributed by atoms with E-state index < -0.39 is 18.1 Å². The highest BCUT2D eigenvalue weighted by Gasteiger charge is 2.44. The summed E-state index contributed by atoms with van der Waals surface area (Å²) in [5, 5.41) is 40.6. The first-order valence-electron chi connectivity index (χ1n) is 22.9. The van der Waals surface area contributed by atoms with Gasteiger partial charge in [0, 0.05) is 69.9 Å². The van der Waals surface area contributed by atoms with Gasteiger partial charge in [-0.3, -0.25) is 19.3 Å². The number of rotatable bonds is 12. The lowest BCUT2D eigenvalue weighted by molar-refractivity contribution is -0.141. The normalized spacial score (nSPS) is 22.9. The Hall–Kier alpha value is -6.11. The van der Waals surface area contributed by atoms with E-state index in [0.717, 1.165) is 65.8 Å². The van der Waals surface area contributed by atoms with Crippen molar-refractivity contribution in [1.29, 1.82) is 0 Å². The summed E-state index contributed by atoms with van der Waals surface area (Å²) in [5.41, 5.74) is 7.03. The molecule has 0 spiro atoms. The summed E-state index contributed by atoms with van der Waals surface area (Å²) in [4.78, 5) is 55.2. The summed E-state index contributed by atoms with van der Waals surface area (Å²) >= 11 is 1.58. The minimum atomic E-state index is -0.870. The average Bonchev–Trinajstić information content (AvgIpc) is 4.07. The Kier molecular flexibility index (Phi) is 13.0. The number of aromatic hydroxyl groups is 1. The Morgan fingerprint density at radius 2 is 1.82 bits per heavy atom. The molecule has 9 rings (SSSR count). The lowest BCUT2D eigenvalue weighted by Crippen LogP contribution is -2.62. The van der Waals surface area contributed by atoms with E-state index >= 15 is 0 Å². The molecule has 0 saturated carbocycles. The number of ether oxygens (including phenoxy) is 1. The third kappa shape index (κ3) is 9.18. The molecule has 4 N–H and O–H groups in total. The maximum atomic E-state index is 14.2. The summed E-state index contributed by atoms with van der Waals surface area (Å²) in [6, 6.07) is 18.0. The van der Waals surface area contributed by atoms with Crippen LogP contribution in [0.1, 0.15) is 69.5 Å². The molecule has 0 radical (unpaired) electrons.